The highest BCUT2D eigenvalue weighted by Gasteiger charge is 2.20. The summed E-state index contributed by atoms with van der Waals surface area (Å²) in [5.41, 5.74) is 2.17. The summed E-state index contributed by atoms with van der Waals surface area (Å²) in [4.78, 5) is 4.67. The molecule has 1 aliphatic carbocycles. The lowest BCUT2D eigenvalue weighted by Crippen LogP contribution is -2.17. The minimum absolute atomic E-state index is 0.330. The van der Waals surface area contributed by atoms with Crippen molar-refractivity contribution < 1.29 is 4.74 Å². The van der Waals surface area contributed by atoms with Crippen LogP contribution < -0.4 is 5.32 Å². The van der Waals surface area contributed by atoms with Gasteiger partial charge in [0, 0.05) is 12.6 Å². The lowest BCUT2D eigenvalue weighted by Gasteiger charge is -2.13. The maximum atomic E-state index is 5.92. The Labute approximate surface area is 129 Å². The molecule has 2 rings (SSSR count). The van der Waals surface area contributed by atoms with Gasteiger partial charge in [0.15, 0.2) is 0 Å². The number of nitrogens with zero attached hydrogens (tertiary/aromatic N) is 1. The molecular weight excluding hydrogens is 260 g/mol. The second-order valence-corrected chi connectivity index (χ2v) is 6.25. The van der Waals surface area contributed by atoms with E-state index in [9.17, 15) is 0 Å². The van der Waals surface area contributed by atoms with E-state index < -0.39 is 0 Å². The lowest BCUT2D eigenvalue weighted by molar-refractivity contribution is 0.0439. The smallest absolute Gasteiger partial charge is 0.0891 e. The van der Waals surface area contributed by atoms with Crippen molar-refractivity contribution in [3.8, 4) is 0 Å². The van der Waals surface area contributed by atoms with E-state index >= 15 is 0 Å². The van der Waals surface area contributed by atoms with Gasteiger partial charge in [-0.25, -0.2) is 0 Å². The minimum atomic E-state index is 0.330. The SMILES string of the molecule is CCCCCCC(C)OCc1cccc(CNC2CC2)n1. The highest BCUT2D eigenvalue weighted by atomic mass is 16.5. The van der Waals surface area contributed by atoms with Gasteiger partial charge >= 0.3 is 0 Å². The molecule has 0 aromatic carbocycles. The monoisotopic (exact) mass is 290 g/mol. The lowest BCUT2D eigenvalue weighted by atomic mass is 10.1. The molecule has 1 unspecified atom stereocenters. The van der Waals surface area contributed by atoms with Crippen molar-refractivity contribution in [1.29, 1.82) is 0 Å². The second-order valence-electron chi connectivity index (χ2n) is 6.25. The molecular formula is C18H30N2O. The number of rotatable bonds is 11. The van der Waals surface area contributed by atoms with E-state index in [1.54, 1.807) is 0 Å². The molecule has 0 bridgehead atoms. The highest BCUT2D eigenvalue weighted by Crippen LogP contribution is 2.19. The van der Waals surface area contributed by atoms with Gasteiger partial charge in [0.25, 0.3) is 0 Å². The van der Waals surface area contributed by atoms with Gasteiger partial charge < -0.3 is 10.1 Å². The van der Waals surface area contributed by atoms with Crippen molar-refractivity contribution in [2.45, 2.75) is 84.1 Å². The minimum Gasteiger partial charge on any atom is -0.372 e. The molecule has 0 aliphatic heterocycles. The second kappa shape index (κ2) is 9.16. The van der Waals surface area contributed by atoms with Crippen molar-refractivity contribution >= 4 is 0 Å². The summed E-state index contributed by atoms with van der Waals surface area (Å²) >= 11 is 0. The molecule has 0 amide bonds. The Hall–Kier alpha value is -0.930. The number of nitrogens with one attached hydrogen (secondary N) is 1. The zero-order valence-corrected chi connectivity index (χ0v) is 13.6. The fourth-order valence-electron chi connectivity index (χ4n) is 2.41. The summed E-state index contributed by atoms with van der Waals surface area (Å²) in [7, 11) is 0. The third-order valence-electron chi connectivity index (χ3n) is 3.99. The molecule has 1 aromatic heterocycles. The molecule has 0 radical (unpaired) electrons. The van der Waals surface area contributed by atoms with E-state index in [0.717, 1.165) is 30.4 Å². The number of unbranched alkanes of at least 4 members (excludes halogenated alkanes) is 3. The molecule has 0 spiro atoms. The average Bonchev–Trinajstić information content (AvgIpc) is 3.32. The maximum Gasteiger partial charge on any atom is 0.0891 e. The van der Waals surface area contributed by atoms with Crippen LogP contribution in [0.3, 0.4) is 0 Å². The molecule has 1 fully saturated rings. The van der Waals surface area contributed by atoms with Crippen molar-refractivity contribution in [3.05, 3.63) is 29.6 Å². The summed E-state index contributed by atoms with van der Waals surface area (Å²) < 4.78 is 5.92. The Morgan fingerprint density at radius 1 is 1.24 bits per heavy atom. The molecule has 3 nitrogen and oxygen atoms in total. The quantitative estimate of drug-likeness (QED) is 0.620. The zero-order valence-electron chi connectivity index (χ0n) is 13.6. The van der Waals surface area contributed by atoms with Crippen LogP contribution in [0.25, 0.3) is 0 Å². The Balaban J connectivity index is 1.65. The highest BCUT2D eigenvalue weighted by molar-refractivity contribution is 5.11. The van der Waals surface area contributed by atoms with Crippen molar-refractivity contribution in [1.82, 2.24) is 10.3 Å². The first-order valence-corrected chi connectivity index (χ1v) is 8.57. The molecule has 1 saturated carbocycles. The van der Waals surface area contributed by atoms with Crippen LogP contribution in [-0.2, 0) is 17.9 Å². The third kappa shape index (κ3) is 7.05. The molecule has 0 saturated heterocycles. The molecule has 3 heteroatoms. The van der Waals surface area contributed by atoms with Crippen molar-refractivity contribution in [2.24, 2.45) is 0 Å². The largest absolute Gasteiger partial charge is 0.372 e. The molecule has 1 atom stereocenters. The molecule has 118 valence electrons. The first kappa shape index (κ1) is 16.4. The van der Waals surface area contributed by atoms with Crippen molar-refractivity contribution in [3.63, 3.8) is 0 Å². The van der Waals surface area contributed by atoms with E-state index in [4.69, 9.17) is 4.74 Å². The zero-order chi connectivity index (χ0) is 14.9. The topological polar surface area (TPSA) is 34.1 Å². The normalized spacial score (nSPS) is 16.1. The van der Waals surface area contributed by atoms with Gasteiger partial charge in [-0.2, -0.15) is 0 Å². The number of hydrogen-bond acceptors (Lipinski definition) is 3. The van der Waals surface area contributed by atoms with Crippen molar-refractivity contribution in [2.75, 3.05) is 0 Å². The summed E-state index contributed by atoms with van der Waals surface area (Å²) in [6, 6.07) is 6.97. The molecule has 21 heavy (non-hydrogen) atoms. The van der Waals surface area contributed by atoms with Crippen LogP contribution in [-0.4, -0.2) is 17.1 Å². The van der Waals surface area contributed by atoms with Gasteiger partial charge in [-0.05, 0) is 38.3 Å². The number of pyridine rings is 1. The summed E-state index contributed by atoms with van der Waals surface area (Å²) in [6.45, 7) is 5.93. The molecule has 1 N–H and O–H groups in total. The van der Waals surface area contributed by atoms with Crippen LogP contribution in [0.4, 0.5) is 0 Å². The molecule has 1 aliphatic rings. The van der Waals surface area contributed by atoms with Gasteiger partial charge in [0.2, 0.25) is 0 Å². The van der Waals surface area contributed by atoms with E-state index in [2.05, 4.69) is 42.3 Å². The Morgan fingerprint density at radius 3 is 2.81 bits per heavy atom. The Bertz CT molecular complexity index is 404. The van der Waals surface area contributed by atoms with E-state index in [1.807, 2.05) is 0 Å². The fourth-order valence-corrected chi connectivity index (χ4v) is 2.41. The van der Waals surface area contributed by atoms with Crippen LogP contribution in [0.15, 0.2) is 18.2 Å². The predicted molar refractivity (Wildman–Crippen MR) is 87.1 cm³/mol. The predicted octanol–water partition coefficient (Wildman–Crippen LogP) is 4.21. The van der Waals surface area contributed by atoms with Gasteiger partial charge in [-0.15, -0.1) is 0 Å². The van der Waals surface area contributed by atoms with Gasteiger partial charge in [-0.1, -0.05) is 38.7 Å². The van der Waals surface area contributed by atoms with Crippen LogP contribution in [0.1, 0.15) is 70.2 Å². The van der Waals surface area contributed by atoms with E-state index in [-0.39, 0.29) is 0 Å². The van der Waals surface area contributed by atoms with Gasteiger partial charge in [-0.3, -0.25) is 4.98 Å². The van der Waals surface area contributed by atoms with Gasteiger partial charge in [0.05, 0.1) is 24.1 Å². The van der Waals surface area contributed by atoms with E-state index in [0.29, 0.717) is 12.7 Å². The molecule has 1 heterocycles. The Kier molecular flexibility index (Phi) is 7.17. The standard InChI is InChI=1S/C18H30N2O/c1-3-4-5-6-8-15(2)21-14-18-10-7-9-17(20-18)13-19-16-11-12-16/h7,9-10,15-16,19H,3-6,8,11-14H2,1-2H3. The Morgan fingerprint density at radius 2 is 2.05 bits per heavy atom. The summed E-state index contributed by atoms with van der Waals surface area (Å²) in [6.07, 6.45) is 9.35. The third-order valence-corrected chi connectivity index (χ3v) is 3.99. The first-order valence-electron chi connectivity index (χ1n) is 8.57. The van der Waals surface area contributed by atoms with Crippen LogP contribution >= 0.6 is 0 Å². The molecule has 1 aromatic rings. The van der Waals surface area contributed by atoms with Crippen LogP contribution in [0.5, 0.6) is 0 Å². The van der Waals surface area contributed by atoms with Gasteiger partial charge in [0.1, 0.15) is 0 Å². The van der Waals surface area contributed by atoms with Crippen LogP contribution in [0.2, 0.25) is 0 Å². The fraction of sp³-hybridized carbons (Fsp3) is 0.722. The number of aromatic nitrogens is 1. The van der Waals surface area contributed by atoms with E-state index in [1.165, 1.54) is 38.5 Å². The number of hydrogen-bond donors (Lipinski definition) is 1. The average molecular weight is 290 g/mol. The summed E-state index contributed by atoms with van der Waals surface area (Å²) in [5.74, 6) is 0. The first-order chi connectivity index (χ1) is 10.3. The maximum absolute atomic E-state index is 5.92. The summed E-state index contributed by atoms with van der Waals surface area (Å²) in [5, 5.41) is 3.50. The number of ether oxygens (including phenoxy) is 1. The van der Waals surface area contributed by atoms with Crippen LogP contribution in [0, 0.1) is 0 Å².